The van der Waals surface area contributed by atoms with Crippen LogP contribution in [0.3, 0.4) is 0 Å². The summed E-state index contributed by atoms with van der Waals surface area (Å²) in [7, 11) is 0. The summed E-state index contributed by atoms with van der Waals surface area (Å²) in [5, 5.41) is 0. The first-order chi connectivity index (χ1) is 17.1. The standard InChI is InChI=1S/C32H31NO2/c1-23(2)28-19-29(32(33-4)27-18-12-11-13-24(27)3)31(35-22-26-16-9-6-10-17-26)20-30(28)34-21-25-14-7-5-8-15-25/h5-20,23,32H,21-22H2,1-3H3. The molecular weight excluding hydrogens is 430 g/mol. The van der Waals surface area contributed by atoms with Crippen molar-refractivity contribution in [3.8, 4) is 11.5 Å². The second-order valence-electron chi connectivity index (χ2n) is 9.02. The minimum atomic E-state index is -0.456. The van der Waals surface area contributed by atoms with E-state index in [0.717, 1.165) is 39.1 Å². The number of ether oxygens (including phenoxy) is 2. The maximum atomic E-state index is 8.09. The Balaban J connectivity index is 1.77. The molecule has 0 saturated carbocycles. The van der Waals surface area contributed by atoms with E-state index in [9.17, 15) is 0 Å². The lowest BCUT2D eigenvalue weighted by atomic mass is 9.91. The minimum absolute atomic E-state index is 0.228. The zero-order valence-electron chi connectivity index (χ0n) is 20.6. The zero-order valence-corrected chi connectivity index (χ0v) is 20.6. The van der Waals surface area contributed by atoms with Crippen molar-refractivity contribution >= 4 is 0 Å². The largest absolute Gasteiger partial charge is 0.488 e. The summed E-state index contributed by atoms with van der Waals surface area (Å²) in [5.74, 6) is 1.71. The van der Waals surface area contributed by atoms with Gasteiger partial charge < -0.3 is 14.3 Å². The molecule has 3 nitrogen and oxygen atoms in total. The fraction of sp³-hybridized carbons (Fsp3) is 0.219. The molecule has 0 bridgehead atoms. The monoisotopic (exact) mass is 461 g/mol. The van der Waals surface area contributed by atoms with Gasteiger partial charge in [0.1, 0.15) is 24.7 Å². The molecule has 4 aromatic carbocycles. The van der Waals surface area contributed by atoms with Crippen molar-refractivity contribution in [3.63, 3.8) is 0 Å². The van der Waals surface area contributed by atoms with Gasteiger partial charge in [-0.15, -0.1) is 0 Å². The first-order valence-electron chi connectivity index (χ1n) is 12.0. The Bertz CT molecular complexity index is 1290. The highest BCUT2D eigenvalue weighted by Gasteiger charge is 2.27. The summed E-state index contributed by atoms with van der Waals surface area (Å²) in [4.78, 5) is 4.06. The van der Waals surface area contributed by atoms with Gasteiger partial charge >= 0.3 is 0 Å². The normalized spacial score (nSPS) is 11.6. The van der Waals surface area contributed by atoms with E-state index in [1.165, 1.54) is 0 Å². The van der Waals surface area contributed by atoms with Gasteiger partial charge in [-0.2, -0.15) is 0 Å². The van der Waals surface area contributed by atoms with Crippen LogP contribution in [0, 0.1) is 13.5 Å². The zero-order chi connectivity index (χ0) is 24.6. The van der Waals surface area contributed by atoms with Gasteiger partial charge in [-0.05, 0) is 41.2 Å². The maximum Gasteiger partial charge on any atom is 0.277 e. The third-order valence-electron chi connectivity index (χ3n) is 6.15. The molecule has 0 amide bonds. The van der Waals surface area contributed by atoms with Crippen LogP contribution in [-0.4, -0.2) is 0 Å². The lowest BCUT2D eigenvalue weighted by molar-refractivity contribution is 0.285. The number of rotatable bonds is 9. The third-order valence-corrected chi connectivity index (χ3v) is 6.15. The predicted molar refractivity (Wildman–Crippen MR) is 142 cm³/mol. The van der Waals surface area contributed by atoms with Crippen LogP contribution in [0.4, 0.5) is 0 Å². The van der Waals surface area contributed by atoms with Crippen molar-refractivity contribution in [2.45, 2.75) is 45.9 Å². The van der Waals surface area contributed by atoms with E-state index in [4.69, 9.17) is 16.0 Å². The highest BCUT2D eigenvalue weighted by atomic mass is 16.5. The topological polar surface area (TPSA) is 22.8 Å². The van der Waals surface area contributed by atoms with Crippen LogP contribution in [-0.2, 0) is 13.2 Å². The molecule has 176 valence electrons. The summed E-state index contributed by atoms with van der Waals surface area (Å²) < 4.78 is 12.7. The van der Waals surface area contributed by atoms with Crippen LogP contribution in [0.15, 0.2) is 97.1 Å². The van der Waals surface area contributed by atoms with Crippen LogP contribution in [0.5, 0.6) is 11.5 Å². The summed E-state index contributed by atoms with van der Waals surface area (Å²) in [6, 6.07) is 32.0. The summed E-state index contributed by atoms with van der Waals surface area (Å²) >= 11 is 0. The average Bonchev–Trinajstić information content (AvgIpc) is 2.89. The Labute approximate surface area is 208 Å². The molecule has 35 heavy (non-hydrogen) atoms. The highest BCUT2D eigenvalue weighted by molar-refractivity contribution is 5.53. The Morgan fingerprint density at radius 1 is 0.657 bits per heavy atom. The molecule has 0 aliphatic carbocycles. The van der Waals surface area contributed by atoms with Gasteiger partial charge in [0.25, 0.3) is 6.04 Å². The van der Waals surface area contributed by atoms with Crippen molar-refractivity contribution in [2.75, 3.05) is 0 Å². The fourth-order valence-electron chi connectivity index (χ4n) is 4.18. The van der Waals surface area contributed by atoms with E-state index in [1.807, 2.05) is 72.8 Å². The predicted octanol–water partition coefficient (Wildman–Crippen LogP) is 8.29. The molecule has 1 unspecified atom stereocenters. The molecule has 0 fully saturated rings. The number of nitrogens with zero attached hydrogens (tertiary/aromatic N) is 1. The van der Waals surface area contributed by atoms with Gasteiger partial charge in [-0.25, -0.2) is 6.57 Å². The van der Waals surface area contributed by atoms with E-state index < -0.39 is 6.04 Å². The molecule has 0 N–H and O–H groups in total. The van der Waals surface area contributed by atoms with Gasteiger partial charge in [0.05, 0.1) is 5.56 Å². The molecule has 0 aromatic heterocycles. The lowest BCUT2D eigenvalue weighted by Gasteiger charge is -2.21. The molecule has 0 saturated heterocycles. The second kappa shape index (κ2) is 11.4. The van der Waals surface area contributed by atoms with E-state index in [2.05, 4.69) is 49.9 Å². The van der Waals surface area contributed by atoms with Gasteiger partial charge in [0.15, 0.2) is 0 Å². The van der Waals surface area contributed by atoms with Gasteiger partial charge in [-0.3, -0.25) is 0 Å². The maximum absolute atomic E-state index is 8.09. The summed E-state index contributed by atoms with van der Waals surface area (Å²) in [6.07, 6.45) is 0. The smallest absolute Gasteiger partial charge is 0.277 e. The Morgan fingerprint density at radius 2 is 1.17 bits per heavy atom. The van der Waals surface area contributed by atoms with Crippen LogP contribution < -0.4 is 9.47 Å². The SMILES string of the molecule is [C-]#[N+]C(c1ccccc1C)c1cc(C(C)C)c(OCc2ccccc2)cc1OCc1ccccc1. The molecule has 0 aliphatic heterocycles. The molecular formula is C32H31NO2. The van der Waals surface area contributed by atoms with Crippen LogP contribution in [0.1, 0.15) is 59.2 Å². The number of hydrogen-bond acceptors (Lipinski definition) is 2. The van der Waals surface area contributed by atoms with Crippen molar-refractivity contribution in [1.29, 1.82) is 0 Å². The molecule has 0 heterocycles. The Kier molecular flexibility index (Phi) is 7.85. The average molecular weight is 462 g/mol. The van der Waals surface area contributed by atoms with E-state index >= 15 is 0 Å². The van der Waals surface area contributed by atoms with E-state index in [1.54, 1.807) is 0 Å². The number of hydrogen-bond donors (Lipinski definition) is 0. The molecule has 0 radical (unpaired) electrons. The molecule has 4 aromatic rings. The second-order valence-corrected chi connectivity index (χ2v) is 9.02. The Hall–Kier alpha value is -4.03. The highest BCUT2D eigenvalue weighted by Crippen LogP contribution is 2.41. The summed E-state index contributed by atoms with van der Waals surface area (Å²) in [5.41, 5.74) is 6.23. The fourth-order valence-corrected chi connectivity index (χ4v) is 4.18. The van der Waals surface area contributed by atoms with Crippen molar-refractivity contribution in [2.24, 2.45) is 0 Å². The number of benzene rings is 4. The lowest BCUT2D eigenvalue weighted by Crippen LogP contribution is -2.07. The molecule has 0 aliphatic rings. The first kappa shape index (κ1) is 24.1. The van der Waals surface area contributed by atoms with E-state index in [-0.39, 0.29) is 5.92 Å². The van der Waals surface area contributed by atoms with Gasteiger partial charge in [0.2, 0.25) is 0 Å². The minimum Gasteiger partial charge on any atom is -0.488 e. The first-order valence-corrected chi connectivity index (χ1v) is 12.0. The molecule has 4 rings (SSSR count). The third kappa shape index (κ3) is 5.91. The van der Waals surface area contributed by atoms with Crippen LogP contribution in [0.25, 0.3) is 4.85 Å². The van der Waals surface area contributed by atoms with Gasteiger partial charge in [-0.1, -0.05) is 98.8 Å². The van der Waals surface area contributed by atoms with Gasteiger partial charge in [0, 0.05) is 11.6 Å². The number of aryl methyl sites for hydroxylation is 1. The van der Waals surface area contributed by atoms with Crippen molar-refractivity contribution < 1.29 is 9.47 Å². The summed E-state index contributed by atoms with van der Waals surface area (Å²) in [6.45, 7) is 15.3. The quantitative estimate of drug-likeness (QED) is 0.234. The Morgan fingerprint density at radius 3 is 1.69 bits per heavy atom. The molecule has 0 spiro atoms. The molecule has 1 atom stereocenters. The molecule has 3 heteroatoms. The van der Waals surface area contributed by atoms with Crippen molar-refractivity contribution in [3.05, 3.63) is 142 Å². The van der Waals surface area contributed by atoms with E-state index in [0.29, 0.717) is 19.0 Å². The van der Waals surface area contributed by atoms with Crippen molar-refractivity contribution in [1.82, 2.24) is 0 Å². The van der Waals surface area contributed by atoms with Crippen LogP contribution in [0.2, 0.25) is 0 Å². The van der Waals surface area contributed by atoms with Crippen LogP contribution >= 0.6 is 0 Å².